The van der Waals surface area contributed by atoms with Gasteiger partial charge in [0.05, 0.1) is 9.79 Å². The quantitative estimate of drug-likeness (QED) is 0.0445. The molecule has 0 aliphatic carbocycles. The summed E-state index contributed by atoms with van der Waals surface area (Å²) in [6.07, 6.45) is 22.4. The van der Waals surface area contributed by atoms with Gasteiger partial charge < -0.3 is 9.11 Å². The zero-order chi connectivity index (χ0) is 38.0. The van der Waals surface area contributed by atoms with Gasteiger partial charge in [0.25, 0.3) is 0 Å². The Hall–Kier alpha value is -1.52. The Morgan fingerprint density at radius 3 is 1.02 bits per heavy atom. The molecule has 9 heteroatoms. The van der Waals surface area contributed by atoms with Crippen molar-refractivity contribution in [3.8, 4) is 0 Å². The summed E-state index contributed by atoms with van der Waals surface area (Å²) < 4.78 is 70.3. The molecular weight excluding hydrogens is 729 g/mol. The van der Waals surface area contributed by atoms with Gasteiger partial charge in [0.2, 0.25) is 0 Å². The van der Waals surface area contributed by atoms with E-state index in [1.807, 2.05) is 36.4 Å². The second-order valence-corrected chi connectivity index (χ2v) is 17.1. The molecule has 0 aliphatic heterocycles. The van der Waals surface area contributed by atoms with Crippen LogP contribution in [0.1, 0.15) is 153 Å². The van der Waals surface area contributed by atoms with Gasteiger partial charge in [-0.05, 0) is 119 Å². The minimum Gasteiger partial charge on any atom is -0.744 e. The van der Waals surface area contributed by atoms with Crippen LogP contribution in [0, 0.1) is 0 Å². The van der Waals surface area contributed by atoms with Crippen LogP contribution in [0.3, 0.4) is 0 Å². The van der Waals surface area contributed by atoms with Crippen molar-refractivity contribution in [3.05, 3.63) is 82.9 Å². The minimum atomic E-state index is -4.47. The largest absolute Gasteiger partial charge is 2.00 e. The van der Waals surface area contributed by atoms with Crippen LogP contribution in [0.15, 0.2) is 70.5 Å². The van der Waals surface area contributed by atoms with Crippen LogP contribution in [-0.2, 0) is 45.9 Å². The molecule has 0 fully saturated rings. The number of rotatable bonds is 22. The SMILES string of the molecule is CCCCCCc1ccc2c(CCCCCC)ccc(S(=O)(=O)[O-])c2c1.CCCCCCc1ccc2c(CCCCCC)ccc(S(=O)(=O)[O-])c2c1.[Ca+2]. The number of hydrogen-bond acceptors (Lipinski definition) is 6. The first kappa shape index (κ1) is 47.6. The predicted octanol–water partition coefficient (Wildman–Crippen LogP) is 11.6. The topological polar surface area (TPSA) is 114 Å². The Balaban J connectivity index is 0.000000360. The molecule has 0 spiro atoms. The average Bonchev–Trinajstić information content (AvgIpc) is 3.11. The second kappa shape index (κ2) is 24.9. The van der Waals surface area contributed by atoms with Gasteiger partial charge in [-0.1, -0.05) is 141 Å². The zero-order valence-corrected chi connectivity index (χ0v) is 36.7. The third kappa shape index (κ3) is 15.9. The molecule has 0 amide bonds. The van der Waals surface area contributed by atoms with Gasteiger partial charge in [-0.2, -0.15) is 0 Å². The molecule has 4 rings (SSSR count). The molecule has 0 radical (unpaired) electrons. The molecule has 288 valence electrons. The third-order valence-electron chi connectivity index (χ3n) is 10.0. The summed E-state index contributed by atoms with van der Waals surface area (Å²) >= 11 is 0. The second-order valence-electron chi connectivity index (χ2n) is 14.4. The maximum Gasteiger partial charge on any atom is 2.00 e. The normalized spacial score (nSPS) is 11.7. The van der Waals surface area contributed by atoms with Crippen LogP contribution in [0.5, 0.6) is 0 Å². The molecule has 0 aromatic heterocycles. The molecule has 6 nitrogen and oxygen atoms in total. The van der Waals surface area contributed by atoms with Crippen molar-refractivity contribution in [1.29, 1.82) is 0 Å². The van der Waals surface area contributed by atoms with Crippen LogP contribution in [-0.4, -0.2) is 63.7 Å². The molecule has 0 aliphatic rings. The standard InChI is InChI=1S/2C22H32O3S.Ca/c2*1-3-5-7-9-11-18-13-15-20-19(12-10-8-6-4-2)14-16-22(21(20)17-18)26(23,24)25;/h2*13-17H,3-12H2,1-2H3,(H,23,24,25);/q;;+2/p-2. The Kier molecular flexibility index (Phi) is 22.4. The Morgan fingerprint density at radius 1 is 0.396 bits per heavy atom. The van der Waals surface area contributed by atoms with Crippen molar-refractivity contribution >= 4 is 79.5 Å². The van der Waals surface area contributed by atoms with E-state index in [1.165, 1.54) is 89.2 Å². The number of fused-ring (bicyclic) bond motifs is 2. The van der Waals surface area contributed by atoms with Crippen LogP contribution in [0.25, 0.3) is 21.5 Å². The molecule has 0 saturated carbocycles. The zero-order valence-electron chi connectivity index (χ0n) is 32.9. The van der Waals surface area contributed by atoms with Crippen molar-refractivity contribution in [2.24, 2.45) is 0 Å². The van der Waals surface area contributed by atoms with Gasteiger partial charge in [0, 0.05) is 0 Å². The monoisotopic (exact) mass is 790 g/mol. The third-order valence-corrected chi connectivity index (χ3v) is 11.8. The smallest absolute Gasteiger partial charge is 0.744 e. The Bertz CT molecular complexity index is 1770. The van der Waals surface area contributed by atoms with Crippen LogP contribution >= 0.6 is 0 Å². The summed E-state index contributed by atoms with van der Waals surface area (Å²) in [4.78, 5) is -0.166. The summed E-state index contributed by atoms with van der Waals surface area (Å²) in [5, 5.41) is 3.02. The Labute approximate surface area is 351 Å². The first-order chi connectivity index (χ1) is 24.9. The predicted molar refractivity (Wildman–Crippen MR) is 221 cm³/mol. The number of hydrogen-bond donors (Lipinski definition) is 0. The van der Waals surface area contributed by atoms with E-state index in [9.17, 15) is 25.9 Å². The summed E-state index contributed by atoms with van der Waals surface area (Å²) in [5.74, 6) is 0. The molecule has 4 aromatic rings. The van der Waals surface area contributed by atoms with E-state index in [0.29, 0.717) is 10.8 Å². The van der Waals surface area contributed by atoms with Crippen molar-refractivity contribution in [2.45, 2.75) is 166 Å². The van der Waals surface area contributed by atoms with Gasteiger partial charge in [-0.15, -0.1) is 0 Å². The Morgan fingerprint density at radius 2 is 0.717 bits per heavy atom. The number of aryl methyl sites for hydroxylation is 4. The molecule has 4 aromatic carbocycles. The van der Waals surface area contributed by atoms with Crippen LogP contribution in [0.2, 0.25) is 0 Å². The summed E-state index contributed by atoms with van der Waals surface area (Å²) in [6.45, 7) is 8.74. The summed E-state index contributed by atoms with van der Waals surface area (Å²) in [5.41, 5.74) is 4.50. The molecule has 0 unspecified atom stereocenters. The van der Waals surface area contributed by atoms with Crippen molar-refractivity contribution < 1.29 is 25.9 Å². The van der Waals surface area contributed by atoms with E-state index in [1.54, 1.807) is 0 Å². The fourth-order valence-electron chi connectivity index (χ4n) is 7.04. The van der Waals surface area contributed by atoms with Gasteiger partial charge in [0.15, 0.2) is 0 Å². The molecule has 0 bridgehead atoms. The summed E-state index contributed by atoms with van der Waals surface area (Å²) in [7, 11) is -8.94. The number of benzene rings is 4. The molecule has 0 saturated heterocycles. The van der Waals surface area contributed by atoms with Gasteiger partial charge in [0.1, 0.15) is 20.2 Å². The molecule has 0 N–H and O–H groups in total. The molecule has 0 heterocycles. The molecule has 53 heavy (non-hydrogen) atoms. The molecular formula is C44H62CaO6S2. The fraction of sp³-hybridized carbons (Fsp3) is 0.545. The minimum absolute atomic E-state index is 0. The van der Waals surface area contributed by atoms with E-state index in [2.05, 4.69) is 39.8 Å². The van der Waals surface area contributed by atoms with Crippen LogP contribution in [0.4, 0.5) is 0 Å². The first-order valence-corrected chi connectivity index (χ1v) is 22.8. The number of unbranched alkanes of at least 4 members (excludes halogenated alkanes) is 12. The maximum atomic E-state index is 11.7. The van der Waals surface area contributed by atoms with Gasteiger partial charge in [-0.3, -0.25) is 0 Å². The first-order valence-electron chi connectivity index (χ1n) is 19.9. The average molecular weight is 791 g/mol. The van der Waals surface area contributed by atoms with Crippen molar-refractivity contribution in [2.75, 3.05) is 0 Å². The van der Waals surface area contributed by atoms with Crippen LogP contribution < -0.4 is 0 Å². The molecule has 0 atom stereocenters. The van der Waals surface area contributed by atoms with E-state index in [-0.39, 0.29) is 47.5 Å². The van der Waals surface area contributed by atoms with E-state index < -0.39 is 20.2 Å². The van der Waals surface area contributed by atoms with E-state index in [4.69, 9.17) is 0 Å². The van der Waals surface area contributed by atoms with Crippen molar-refractivity contribution in [1.82, 2.24) is 0 Å². The van der Waals surface area contributed by atoms with Gasteiger partial charge in [-0.25, -0.2) is 16.8 Å². The van der Waals surface area contributed by atoms with E-state index in [0.717, 1.165) is 84.4 Å². The summed E-state index contributed by atoms with van der Waals surface area (Å²) in [6, 6.07) is 18.7. The maximum absolute atomic E-state index is 11.7. The fourth-order valence-corrected chi connectivity index (χ4v) is 8.39. The van der Waals surface area contributed by atoms with Gasteiger partial charge >= 0.3 is 37.7 Å². The van der Waals surface area contributed by atoms with Crippen molar-refractivity contribution in [3.63, 3.8) is 0 Å². The van der Waals surface area contributed by atoms with E-state index >= 15 is 0 Å².